The van der Waals surface area contributed by atoms with Crippen LogP contribution in [0.15, 0.2) is 60.7 Å². The van der Waals surface area contributed by atoms with E-state index in [9.17, 15) is 14.0 Å². The third kappa shape index (κ3) is 4.87. The molecule has 0 aliphatic carbocycles. The second-order valence-corrected chi connectivity index (χ2v) is 8.64. The molecule has 2 amide bonds. The van der Waals surface area contributed by atoms with Gasteiger partial charge >= 0.3 is 0 Å². The van der Waals surface area contributed by atoms with E-state index < -0.39 is 17.8 Å². The minimum Gasteiger partial charge on any atom is -0.495 e. The average molecular weight is 513 g/mol. The van der Waals surface area contributed by atoms with Crippen molar-refractivity contribution in [1.82, 2.24) is 4.90 Å². The molecule has 0 spiro atoms. The molecule has 36 heavy (non-hydrogen) atoms. The molecular formula is C27H26ClFN2O5. The lowest BCUT2D eigenvalue weighted by Crippen LogP contribution is -2.47. The van der Waals surface area contributed by atoms with Crippen LogP contribution in [0.25, 0.3) is 0 Å². The van der Waals surface area contributed by atoms with Crippen molar-refractivity contribution < 1.29 is 28.2 Å². The highest BCUT2D eigenvalue weighted by molar-refractivity contribution is 6.32. The summed E-state index contributed by atoms with van der Waals surface area (Å²) in [5.74, 6) is -1.08. The Hall–Kier alpha value is -3.62. The van der Waals surface area contributed by atoms with E-state index in [2.05, 4.69) is 5.32 Å². The summed E-state index contributed by atoms with van der Waals surface area (Å²) in [4.78, 5) is 29.1. The summed E-state index contributed by atoms with van der Waals surface area (Å²) in [5, 5.41) is 3.22. The molecule has 2 atom stereocenters. The Kier molecular flexibility index (Phi) is 7.76. The van der Waals surface area contributed by atoms with Gasteiger partial charge < -0.3 is 24.4 Å². The van der Waals surface area contributed by atoms with Crippen LogP contribution in [0.4, 0.5) is 10.1 Å². The number of hydrogen-bond donors (Lipinski definition) is 1. The summed E-state index contributed by atoms with van der Waals surface area (Å²) in [6, 6.07) is 15.2. The number of ether oxygens (including phenoxy) is 3. The largest absolute Gasteiger partial charge is 0.495 e. The van der Waals surface area contributed by atoms with E-state index in [0.717, 1.165) is 0 Å². The first-order valence-corrected chi connectivity index (χ1v) is 11.6. The van der Waals surface area contributed by atoms with Gasteiger partial charge in [-0.15, -0.1) is 0 Å². The first-order valence-electron chi connectivity index (χ1n) is 11.3. The molecule has 1 aliphatic rings. The number of carbonyl (C=O) groups excluding carboxylic acids is 2. The predicted molar refractivity (Wildman–Crippen MR) is 134 cm³/mol. The van der Waals surface area contributed by atoms with Gasteiger partial charge in [0.2, 0.25) is 5.91 Å². The molecule has 1 aliphatic heterocycles. The Morgan fingerprint density at radius 1 is 1.03 bits per heavy atom. The van der Waals surface area contributed by atoms with Crippen LogP contribution in [0.3, 0.4) is 0 Å². The summed E-state index contributed by atoms with van der Waals surface area (Å²) in [6.45, 7) is 0.509. The Morgan fingerprint density at radius 2 is 1.72 bits per heavy atom. The highest BCUT2D eigenvalue weighted by Gasteiger charge is 2.44. The topological polar surface area (TPSA) is 77.1 Å². The summed E-state index contributed by atoms with van der Waals surface area (Å²) in [6.07, 6.45) is 0. The van der Waals surface area contributed by atoms with Crippen molar-refractivity contribution in [1.29, 1.82) is 0 Å². The van der Waals surface area contributed by atoms with Crippen LogP contribution < -0.4 is 14.8 Å². The first-order chi connectivity index (χ1) is 17.4. The first kappa shape index (κ1) is 25.5. The van der Waals surface area contributed by atoms with Crippen LogP contribution in [0.5, 0.6) is 11.5 Å². The van der Waals surface area contributed by atoms with Gasteiger partial charge in [0.25, 0.3) is 5.91 Å². The summed E-state index contributed by atoms with van der Waals surface area (Å²) < 4.78 is 29.7. The van der Waals surface area contributed by atoms with Gasteiger partial charge in [-0.1, -0.05) is 41.9 Å². The van der Waals surface area contributed by atoms with Crippen LogP contribution in [0.1, 0.15) is 33.4 Å². The van der Waals surface area contributed by atoms with Crippen molar-refractivity contribution in [2.45, 2.75) is 12.0 Å². The maximum absolute atomic E-state index is 14.0. The number of fused-ring (bicyclic) bond motifs is 1. The number of amides is 2. The molecule has 9 heteroatoms. The van der Waals surface area contributed by atoms with E-state index in [1.807, 2.05) is 0 Å². The van der Waals surface area contributed by atoms with Crippen LogP contribution in [0, 0.1) is 5.82 Å². The minimum atomic E-state index is -0.813. The fourth-order valence-electron chi connectivity index (χ4n) is 4.51. The second kappa shape index (κ2) is 11.0. The lowest BCUT2D eigenvalue weighted by atomic mass is 9.79. The van der Waals surface area contributed by atoms with Crippen LogP contribution in [-0.2, 0) is 9.53 Å². The summed E-state index contributed by atoms with van der Waals surface area (Å²) >= 11 is 6.31. The zero-order chi connectivity index (χ0) is 25.8. The normalized spacial score (nSPS) is 16.9. The Balaban J connectivity index is 1.83. The predicted octanol–water partition coefficient (Wildman–Crippen LogP) is 5.06. The molecule has 3 aromatic carbocycles. The highest BCUT2D eigenvalue weighted by Crippen LogP contribution is 2.44. The zero-order valence-electron chi connectivity index (χ0n) is 20.1. The van der Waals surface area contributed by atoms with Crippen LogP contribution >= 0.6 is 11.6 Å². The number of carbonyl (C=O) groups is 2. The molecule has 1 N–H and O–H groups in total. The highest BCUT2D eigenvalue weighted by atomic mass is 35.5. The van der Waals surface area contributed by atoms with Crippen molar-refractivity contribution in [3.8, 4) is 11.5 Å². The fraction of sp³-hybridized carbons (Fsp3) is 0.259. The smallest absolute Gasteiger partial charge is 0.254 e. The molecule has 0 saturated carbocycles. The van der Waals surface area contributed by atoms with Gasteiger partial charge in [0.05, 0.1) is 43.5 Å². The molecule has 0 bridgehead atoms. The number of hydrogen-bond acceptors (Lipinski definition) is 5. The lowest BCUT2D eigenvalue weighted by Gasteiger charge is -2.41. The van der Waals surface area contributed by atoms with Crippen molar-refractivity contribution in [2.75, 3.05) is 39.8 Å². The second-order valence-electron chi connectivity index (χ2n) is 8.23. The van der Waals surface area contributed by atoms with Crippen molar-refractivity contribution in [3.05, 3.63) is 88.2 Å². The van der Waals surface area contributed by atoms with Gasteiger partial charge in [-0.3, -0.25) is 9.59 Å². The van der Waals surface area contributed by atoms with E-state index in [4.69, 9.17) is 25.8 Å². The van der Waals surface area contributed by atoms with Gasteiger partial charge in [-0.2, -0.15) is 0 Å². The van der Waals surface area contributed by atoms with E-state index in [-0.39, 0.29) is 25.0 Å². The number of methoxy groups -OCH3 is 3. The molecule has 0 aromatic heterocycles. The number of nitrogens with zero attached hydrogens (tertiary/aromatic N) is 1. The number of benzene rings is 3. The molecule has 4 rings (SSSR count). The number of anilines is 1. The van der Waals surface area contributed by atoms with Crippen molar-refractivity contribution in [3.63, 3.8) is 0 Å². The van der Waals surface area contributed by atoms with Gasteiger partial charge in [0.15, 0.2) is 0 Å². The Bertz CT molecular complexity index is 1270. The van der Waals surface area contributed by atoms with Crippen molar-refractivity contribution >= 4 is 29.1 Å². The fourth-order valence-corrected chi connectivity index (χ4v) is 4.75. The Morgan fingerprint density at radius 3 is 2.39 bits per heavy atom. The molecule has 188 valence electrons. The van der Waals surface area contributed by atoms with Gasteiger partial charge in [-0.25, -0.2) is 4.39 Å². The number of nitrogens with one attached hydrogen (secondary N) is 1. The summed E-state index contributed by atoms with van der Waals surface area (Å²) in [5.41, 5.74) is 1.97. The molecule has 7 nitrogen and oxygen atoms in total. The van der Waals surface area contributed by atoms with Crippen LogP contribution in [-0.4, -0.2) is 51.2 Å². The Labute approximate surface area is 213 Å². The quantitative estimate of drug-likeness (QED) is 0.456. The third-order valence-corrected chi connectivity index (χ3v) is 6.50. The van der Waals surface area contributed by atoms with Crippen LogP contribution in [0.2, 0.25) is 5.02 Å². The molecular weight excluding hydrogens is 487 g/mol. The van der Waals surface area contributed by atoms with Gasteiger partial charge in [0.1, 0.15) is 17.3 Å². The third-order valence-electron chi connectivity index (χ3n) is 6.20. The summed E-state index contributed by atoms with van der Waals surface area (Å²) in [7, 11) is 4.50. The maximum Gasteiger partial charge on any atom is 0.254 e. The van der Waals surface area contributed by atoms with Gasteiger partial charge in [0, 0.05) is 25.3 Å². The monoisotopic (exact) mass is 512 g/mol. The molecule has 0 saturated heterocycles. The molecule has 3 aromatic rings. The van der Waals surface area contributed by atoms with E-state index in [0.29, 0.717) is 38.9 Å². The standard InChI is InChI=1S/C27H26ClFN2O5/c1-34-13-12-31-25(16-8-10-17(29)11-9-16)24(18-6-4-5-7-19(18)27(31)33)26(32)30-21-14-20(28)22(35-2)15-23(21)36-3/h4-11,14-15,24-25H,12-13H2,1-3H3,(H,30,32)/t24-,25+/m1/s1. The molecule has 0 unspecified atom stereocenters. The average Bonchev–Trinajstić information content (AvgIpc) is 2.88. The lowest BCUT2D eigenvalue weighted by molar-refractivity contribution is -0.119. The minimum absolute atomic E-state index is 0.230. The molecule has 0 radical (unpaired) electrons. The molecule has 0 fully saturated rings. The zero-order valence-corrected chi connectivity index (χ0v) is 20.8. The molecule has 1 heterocycles. The van der Waals surface area contributed by atoms with E-state index in [1.54, 1.807) is 60.5 Å². The number of rotatable bonds is 8. The number of halogens is 2. The van der Waals surface area contributed by atoms with E-state index in [1.165, 1.54) is 26.4 Å². The van der Waals surface area contributed by atoms with Crippen molar-refractivity contribution in [2.24, 2.45) is 0 Å². The maximum atomic E-state index is 14.0. The van der Waals surface area contributed by atoms with Gasteiger partial charge in [-0.05, 0) is 35.4 Å². The SMILES string of the molecule is COCCN1C(=O)c2ccccc2[C@@H](C(=O)Nc2cc(Cl)c(OC)cc2OC)[C@@H]1c1ccc(F)cc1. The van der Waals surface area contributed by atoms with E-state index >= 15 is 0 Å².